The Balaban J connectivity index is 1.86. The Kier molecular flexibility index (Phi) is 9.19. The molecule has 0 saturated heterocycles. The maximum atomic E-state index is 14.3. The average molecular weight is 550 g/mol. The third-order valence-corrected chi connectivity index (χ3v) is 7.82. The molecular weight excluding hydrogens is 514 g/mol. The van der Waals surface area contributed by atoms with E-state index in [4.69, 9.17) is 16.2 Å². The van der Waals surface area contributed by atoms with Gasteiger partial charge in [0.1, 0.15) is 16.7 Å². The molecule has 0 spiro atoms. The van der Waals surface area contributed by atoms with Crippen molar-refractivity contribution < 1.29 is 19.1 Å². The molecule has 1 aromatic heterocycles. The molecule has 0 aliphatic heterocycles. The number of benzene rings is 2. The van der Waals surface area contributed by atoms with Crippen molar-refractivity contribution in [2.75, 3.05) is 17.2 Å². The Hall–Kier alpha value is -3.92. The van der Waals surface area contributed by atoms with Gasteiger partial charge in [-0.25, -0.2) is 0 Å². The van der Waals surface area contributed by atoms with Crippen molar-refractivity contribution in [3.8, 4) is 5.75 Å². The van der Waals surface area contributed by atoms with E-state index in [2.05, 4.69) is 9.69 Å². The molecule has 1 aliphatic carbocycles. The Bertz CT molecular complexity index is 1320. The molecule has 1 atom stereocenters. The van der Waals surface area contributed by atoms with Crippen molar-refractivity contribution in [1.29, 1.82) is 0 Å². The minimum Gasteiger partial charge on any atom is -0.494 e. The summed E-state index contributed by atoms with van der Waals surface area (Å²) in [5.74, 6) is -0.974. The van der Waals surface area contributed by atoms with Crippen LogP contribution >= 0.6 is 11.5 Å². The highest BCUT2D eigenvalue weighted by molar-refractivity contribution is 7.09. The topological polar surface area (TPSA) is 141 Å². The van der Waals surface area contributed by atoms with Crippen molar-refractivity contribution in [3.63, 3.8) is 0 Å². The first-order valence-electron chi connectivity index (χ1n) is 13.3. The first kappa shape index (κ1) is 28.1. The fourth-order valence-corrected chi connectivity index (χ4v) is 5.75. The molecular formula is C29H35N5O4S. The van der Waals surface area contributed by atoms with Crippen LogP contribution in [-0.4, -0.2) is 34.7 Å². The summed E-state index contributed by atoms with van der Waals surface area (Å²) in [6.07, 6.45) is 5.66. The number of carbonyl (C=O) groups is 3. The molecule has 1 fully saturated rings. The van der Waals surface area contributed by atoms with Crippen LogP contribution in [0.15, 0.2) is 48.5 Å². The van der Waals surface area contributed by atoms with Crippen molar-refractivity contribution in [1.82, 2.24) is 9.69 Å². The number of nitrogens with two attached hydrogens (primary N) is 2. The van der Waals surface area contributed by atoms with Gasteiger partial charge in [0.2, 0.25) is 5.91 Å². The number of nitrogen functional groups attached to an aromatic ring is 1. The van der Waals surface area contributed by atoms with Gasteiger partial charge in [0.05, 0.1) is 12.3 Å². The highest BCUT2D eigenvalue weighted by Gasteiger charge is 2.37. The van der Waals surface area contributed by atoms with Crippen LogP contribution in [-0.2, 0) is 11.2 Å². The number of aryl methyl sites for hydroxylation is 1. The molecule has 2 aromatic carbocycles. The second-order valence-electron chi connectivity index (χ2n) is 9.54. The molecule has 1 aliphatic rings. The molecule has 1 saturated carbocycles. The number of nitrogens with zero attached hydrogens (tertiary/aromatic N) is 2. The molecule has 3 aromatic rings. The van der Waals surface area contributed by atoms with E-state index >= 15 is 0 Å². The van der Waals surface area contributed by atoms with Gasteiger partial charge in [-0.1, -0.05) is 56.5 Å². The lowest BCUT2D eigenvalue weighted by atomic mass is 9.94. The summed E-state index contributed by atoms with van der Waals surface area (Å²) in [6, 6.07) is 13.7. The SMILES string of the molecule is CCOc1ccc([C@@H](C(=O)NC2CCCCC2)N(C(=O)c2snc(C(N)=O)c2N)c2ccccc2CC)cc1. The number of rotatable bonds is 10. The second-order valence-corrected chi connectivity index (χ2v) is 10.3. The number of carbonyl (C=O) groups excluding carboxylic acids is 3. The Morgan fingerprint density at radius 1 is 1.08 bits per heavy atom. The molecule has 1 heterocycles. The monoisotopic (exact) mass is 549 g/mol. The first-order chi connectivity index (χ1) is 18.8. The predicted octanol–water partition coefficient (Wildman–Crippen LogP) is 4.62. The third kappa shape index (κ3) is 6.22. The van der Waals surface area contributed by atoms with Crippen molar-refractivity contribution in [3.05, 3.63) is 70.2 Å². The summed E-state index contributed by atoms with van der Waals surface area (Å²) in [4.78, 5) is 41.8. The predicted molar refractivity (Wildman–Crippen MR) is 153 cm³/mol. The number of amides is 3. The molecule has 0 radical (unpaired) electrons. The molecule has 39 heavy (non-hydrogen) atoms. The molecule has 10 heteroatoms. The fraction of sp³-hybridized carbons (Fsp3) is 0.379. The zero-order valence-electron chi connectivity index (χ0n) is 22.3. The van der Waals surface area contributed by atoms with Crippen molar-refractivity contribution in [2.45, 2.75) is 64.5 Å². The standard InChI is InChI=1S/C29H35N5O4S/c1-3-18-10-8-9-13-22(18)34(29(37)26-23(30)24(27(31)35)33-39-26)25(19-14-16-21(17-15-19)38-4-2)28(36)32-20-11-6-5-7-12-20/h8-10,13-17,20,25H,3-7,11-12,30H2,1-2H3,(H2,31,35)(H,32,36)/t25-/m0/s1. The lowest BCUT2D eigenvalue weighted by Crippen LogP contribution is -2.47. The van der Waals surface area contributed by atoms with Crippen LogP contribution < -0.4 is 26.4 Å². The summed E-state index contributed by atoms with van der Waals surface area (Å²) < 4.78 is 9.65. The molecule has 5 N–H and O–H groups in total. The number of hydrogen-bond acceptors (Lipinski definition) is 7. The Labute approximate surface area is 232 Å². The maximum absolute atomic E-state index is 14.3. The minimum absolute atomic E-state index is 0.0322. The van der Waals surface area contributed by atoms with Crippen LogP contribution in [0.4, 0.5) is 11.4 Å². The minimum atomic E-state index is -1.01. The van der Waals surface area contributed by atoms with E-state index in [0.717, 1.165) is 49.2 Å². The molecule has 3 amide bonds. The molecule has 4 rings (SSSR count). The van der Waals surface area contributed by atoms with Crippen LogP contribution in [0.3, 0.4) is 0 Å². The average Bonchev–Trinajstić information content (AvgIpc) is 3.34. The lowest BCUT2D eigenvalue weighted by molar-refractivity contribution is -0.123. The van der Waals surface area contributed by atoms with E-state index in [1.54, 1.807) is 24.3 Å². The Morgan fingerprint density at radius 3 is 2.38 bits per heavy atom. The van der Waals surface area contributed by atoms with E-state index in [9.17, 15) is 14.4 Å². The maximum Gasteiger partial charge on any atom is 0.273 e. The van der Waals surface area contributed by atoms with Crippen LogP contribution in [0.2, 0.25) is 0 Å². The normalized spacial score (nSPS) is 14.4. The van der Waals surface area contributed by atoms with Crippen LogP contribution in [0, 0.1) is 0 Å². The molecule has 9 nitrogen and oxygen atoms in total. The second kappa shape index (κ2) is 12.8. The third-order valence-electron chi connectivity index (χ3n) is 6.97. The van der Waals surface area contributed by atoms with E-state index in [1.807, 2.05) is 38.1 Å². The highest BCUT2D eigenvalue weighted by atomic mass is 32.1. The lowest BCUT2D eigenvalue weighted by Gasteiger charge is -2.34. The van der Waals surface area contributed by atoms with E-state index in [0.29, 0.717) is 30.0 Å². The number of aromatic nitrogens is 1. The fourth-order valence-electron chi connectivity index (χ4n) is 5.01. The summed E-state index contributed by atoms with van der Waals surface area (Å²) in [5, 5.41) is 3.21. The smallest absolute Gasteiger partial charge is 0.273 e. The van der Waals surface area contributed by atoms with E-state index in [-0.39, 0.29) is 28.2 Å². The summed E-state index contributed by atoms with van der Waals surface area (Å²) in [5.41, 5.74) is 13.4. The van der Waals surface area contributed by atoms with Crippen molar-refractivity contribution >= 4 is 40.6 Å². The number of para-hydroxylation sites is 1. The molecule has 0 bridgehead atoms. The zero-order valence-corrected chi connectivity index (χ0v) is 23.1. The summed E-state index contributed by atoms with van der Waals surface area (Å²) >= 11 is 0.799. The molecule has 206 valence electrons. The number of nitrogens with one attached hydrogen (secondary N) is 1. The number of anilines is 2. The van der Waals surface area contributed by atoms with Crippen LogP contribution in [0.25, 0.3) is 0 Å². The van der Waals surface area contributed by atoms with Gasteiger partial charge in [0.15, 0.2) is 5.69 Å². The van der Waals surface area contributed by atoms with Gasteiger partial charge in [-0.15, -0.1) is 0 Å². The van der Waals surface area contributed by atoms with E-state index < -0.39 is 17.9 Å². The van der Waals surface area contributed by atoms with E-state index in [1.165, 1.54) is 4.90 Å². The Morgan fingerprint density at radius 2 is 1.77 bits per heavy atom. The van der Waals surface area contributed by atoms with Gasteiger partial charge in [-0.05, 0) is 67.0 Å². The molecule has 0 unspecified atom stereocenters. The van der Waals surface area contributed by atoms with Gasteiger partial charge in [0, 0.05) is 11.7 Å². The van der Waals surface area contributed by atoms with Gasteiger partial charge in [-0.2, -0.15) is 4.37 Å². The van der Waals surface area contributed by atoms with Crippen LogP contribution in [0.5, 0.6) is 5.75 Å². The van der Waals surface area contributed by atoms with Gasteiger partial charge < -0.3 is 21.5 Å². The van der Waals surface area contributed by atoms with Crippen molar-refractivity contribution in [2.24, 2.45) is 5.73 Å². The highest BCUT2D eigenvalue weighted by Crippen LogP contribution is 2.36. The quantitative estimate of drug-likeness (QED) is 0.337. The van der Waals surface area contributed by atoms with Gasteiger partial charge in [0.25, 0.3) is 11.8 Å². The summed E-state index contributed by atoms with van der Waals surface area (Å²) in [7, 11) is 0. The number of primary amides is 1. The van der Waals surface area contributed by atoms with Gasteiger partial charge in [-0.3, -0.25) is 19.3 Å². The number of ether oxygens (including phenoxy) is 1. The number of hydrogen-bond donors (Lipinski definition) is 3. The summed E-state index contributed by atoms with van der Waals surface area (Å²) in [6.45, 7) is 4.39. The van der Waals surface area contributed by atoms with Gasteiger partial charge >= 0.3 is 0 Å². The zero-order chi connectivity index (χ0) is 27.9. The van der Waals surface area contributed by atoms with Crippen LogP contribution in [0.1, 0.15) is 83.3 Å². The largest absolute Gasteiger partial charge is 0.494 e. The first-order valence-corrected chi connectivity index (χ1v) is 14.1.